The number of aryl methyl sites for hydroxylation is 1. The molecule has 0 spiro atoms. The van der Waals surface area contributed by atoms with Gasteiger partial charge in [0, 0.05) is 5.56 Å². The first-order valence-electron chi connectivity index (χ1n) is 10.2. The molecule has 4 rings (SSSR count). The largest absolute Gasteiger partial charge is 0.206 e. The maximum absolute atomic E-state index is 14.9. The third-order valence-electron chi connectivity index (χ3n) is 5.54. The number of unbranched alkanes of at least 4 members (excludes halogenated alkanes) is 3. The van der Waals surface area contributed by atoms with Gasteiger partial charge in [-0.2, -0.15) is 0 Å². The van der Waals surface area contributed by atoms with Crippen LogP contribution in [0, 0.1) is 11.6 Å². The molecule has 4 aromatic carbocycles. The van der Waals surface area contributed by atoms with Gasteiger partial charge in [-0.15, -0.1) is 0 Å². The first kappa shape index (κ1) is 19.8. The highest BCUT2D eigenvalue weighted by molar-refractivity contribution is 6.30. The summed E-state index contributed by atoms with van der Waals surface area (Å²) < 4.78 is 28.8. The standard InChI is InChI=1S/C26H23ClF2/c1-2-3-4-5-6-17-7-11-21-18(13-17)8-9-19-14-23(25(28)16-22(19)21)20-10-12-24(27)26(29)15-20/h7-16H,2-6H2,1H3. The molecule has 0 aliphatic rings. The van der Waals surface area contributed by atoms with E-state index < -0.39 is 5.82 Å². The fourth-order valence-electron chi connectivity index (χ4n) is 3.93. The van der Waals surface area contributed by atoms with Crippen LogP contribution in [0.1, 0.15) is 38.2 Å². The van der Waals surface area contributed by atoms with Crippen molar-refractivity contribution in [2.75, 3.05) is 0 Å². The predicted molar refractivity (Wildman–Crippen MR) is 120 cm³/mol. The number of fused-ring (bicyclic) bond motifs is 3. The molecule has 29 heavy (non-hydrogen) atoms. The average molecular weight is 409 g/mol. The minimum absolute atomic E-state index is 0.0337. The average Bonchev–Trinajstić information content (AvgIpc) is 2.72. The van der Waals surface area contributed by atoms with Gasteiger partial charge in [-0.25, -0.2) is 8.78 Å². The molecule has 3 heteroatoms. The lowest BCUT2D eigenvalue weighted by Gasteiger charge is -2.10. The van der Waals surface area contributed by atoms with Crippen molar-refractivity contribution in [3.8, 4) is 11.1 Å². The number of hydrogen-bond donors (Lipinski definition) is 0. The van der Waals surface area contributed by atoms with Crippen LogP contribution >= 0.6 is 11.6 Å². The maximum Gasteiger partial charge on any atom is 0.142 e. The molecule has 4 aromatic rings. The van der Waals surface area contributed by atoms with E-state index in [0.717, 1.165) is 28.0 Å². The second-order valence-electron chi connectivity index (χ2n) is 7.61. The van der Waals surface area contributed by atoms with E-state index in [0.29, 0.717) is 11.1 Å². The predicted octanol–water partition coefficient (Wildman–Crippen LogP) is 8.71. The summed E-state index contributed by atoms with van der Waals surface area (Å²) in [7, 11) is 0. The first-order chi connectivity index (χ1) is 14.1. The van der Waals surface area contributed by atoms with Crippen LogP contribution in [0.3, 0.4) is 0 Å². The van der Waals surface area contributed by atoms with Crippen LogP contribution in [-0.4, -0.2) is 0 Å². The summed E-state index contributed by atoms with van der Waals surface area (Å²) in [5.74, 6) is -0.913. The number of benzene rings is 4. The van der Waals surface area contributed by atoms with Gasteiger partial charge in [0.2, 0.25) is 0 Å². The summed E-state index contributed by atoms with van der Waals surface area (Å²) in [6.07, 6.45) is 6.04. The zero-order valence-electron chi connectivity index (χ0n) is 16.4. The maximum atomic E-state index is 14.9. The Kier molecular flexibility index (Phi) is 5.82. The van der Waals surface area contributed by atoms with E-state index in [1.54, 1.807) is 18.2 Å². The molecule has 0 nitrogen and oxygen atoms in total. The Morgan fingerprint density at radius 3 is 2.28 bits per heavy atom. The summed E-state index contributed by atoms with van der Waals surface area (Å²) >= 11 is 5.76. The van der Waals surface area contributed by atoms with E-state index in [1.807, 2.05) is 6.07 Å². The Hall–Kier alpha value is -2.45. The van der Waals surface area contributed by atoms with Crippen LogP contribution in [0.25, 0.3) is 32.7 Å². The van der Waals surface area contributed by atoms with Gasteiger partial charge in [0.05, 0.1) is 5.02 Å². The Morgan fingerprint density at radius 1 is 0.724 bits per heavy atom. The Labute approximate surface area is 175 Å². The zero-order chi connectivity index (χ0) is 20.4. The van der Waals surface area contributed by atoms with Crippen molar-refractivity contribution in [2.45, 2.75) is 39.0 Å². The van der Waals surface area contributed by atoms with Crippen LogP contribution in [-0.2, 0) is 6.42 Å². The molecule has 0 unspecified atom stereocenters. The molecule has 0 saturated heterocycles. The fraction of sp³-hybridized carbons (Fsp3) is 0.231. The molecule has 0 fully saturated rings. The van der Waals surface area contributed by atoms with Crippen LogP contribution in [0.15, 0.2) is 60.7 Å². The van der Waals surface area contributed by atoms with E-state index >= 15 is 0 Å². The van der Waals surface area contributed by atoms with E-state index in [4.69, 9.17) is 11.6 Å². The van der Waals surface area contributed by atoms with Crippen molar-refractivity contribution in [1.82, 2.24) is 0 Å². The second kappa shape index (κ2) is 8.51. The van der Waals surface area contributed by atoms with Crippen molar-refractivity contribution < 1.29 is 8.78 Å². The lowest BCUT2D eigenvalue weighted by molar-refractivity contribution is 0.625. The van der Waals surface area contributed by atoms with Gasteiger partial charge < -0.3 is 0 Å². The molecular weight excluding hydrogens is 386 g/mol. The van der Waals surface area contributed by atoms with Crippen LogP contribution < -0.4 is 0 Å². The smallest absolute Gasteiger partial charge is 0.142 e. The van der Waals surface area contributed by atoms with Crippen molar-refractivity contribution in [3.05, 3.63) is 82.9 Å². The Balaban J connectivity index is 1.72. The minimum Gasteiger partial charge on any atom is -0.206 e. The molecule has 0 aliphatic carbocycles. The molecule has 0 aliphatic heterocycles. The summed E-state index contributed by atoms with van der Waals surface area (Å²) in [6, 6.07) is 18.2. The highest BCUT2D eigenvalue weighted by atomic mass is 35.5. The molecule has 0 N–H and O–H groups in total. The number of hydrogen-bond acceptors (Lipinski definition) is 0. The molecule has 0 amide bonds. The molecule has 0 heterocycles. The molecule has 0 aromatic heterocycles. The molecular formula is C26H23ClF2. The van der Waals surface area contributed by atoms with Crippen LogP contribution in [0.5, 0.6) is 0 Å². The first-order valence-corrected chi connectivity index (χ1v) is 10.5. The Bertz CT molecular complexity index is 1180. The van der Waals surface area contributed by atoms with E-state index in [2.05, 4.69) is 31.2 Å². The van der Waals surface area contributed by atoms with Gasteiger partial charge >= 0.3 is 0 Å². The van der Waals surface area contributed by atoms with Gasteiger partial charge in [-0.1, -0.05) is 74.2 Å². The van der Waals surface area contributed by atoms with E-state index in [-0.39, 0.29) is 10.8 Å². The van der Waals surface area contributed by atoms with Gasteiger partial charge in [-0.3, -0.25) is 0 Å². The van der Waals surface area contributed by atoms with Gasteiger partial charge in [0.1, 0.15) is 11.6 Å². The van der Waals surface area contributed by atoms with Crippen LogP contribution in [0.4, 0.5) is 8.78 Å². The van der Waals surface area contributed by atoms with Crippen molar-refractivity contribution in [3.63, 3.8) is 0 Å². The van der Waals surface area contributed by atoms with Gasteiger partial charge in [-0.05, 0) is 69.8 Å². The van der Waals surface area contributed by atoms with E-state index in [9.17, 15) is 8.78 Å². The van der Waals surface area contributed by atoms with Gasteiger partial charge in [0.25, 0.3) is 0 Å². The van der Waals surface area contributed by atoms with Crippen molar-refractivity contribution in [2.24, 2.45) is 0 Å². The number of rotatable bonds is 6. The second-order valence-corrected chi connectivity index (χ2v) is 8.02. The summed E-state index contributed by atoms with van der Waals surface area (Å²) in [5, 5.41) is 3.99. The topological polar surface area (TPSA) is 0 Å². The fourth-order valence-corrected chi connectivity index (χ4v) is 4.05. The summed E-state index contributed by atoms with van der Waals surface area (Å²) in [6.45, 7) is 2.22. The monoisotopic (exact) mass is 408 g/mol. The van der Waals surface area contributed by atoms with Crippen molar-refractivity contribution in [1.29, 1.82) is 0 Å². The summed E-state index contributed by atoms with van der Waals surface area (Å²) in [5.41, 5.74) is 2.18. The van der Waals surface area contributed by atoms with Crippen molar-refractivity contribution >= 4 is 33.1 Å². The highest BCUT2D eigenvalue weighted by Crippen LogP contribution is 2.33. The molecule has 0 saturated carbocycles. The number of halogens is 3. The third kappa shape index (κ3) is 4.13. The molecule has 0 radical (unpaired) electrons. The summed E-state index contributed by atoms with van der Waals surface area (Å²) in [4.78, 5) is 0. The Morgan fingerprint density at radius 2 is 1.52 bits per heavy atom. The third-order valence-corrected chi connectivity index (χ3v) is 5.84. The van der Waals surface area contributed by atoms with Crippen LogP contribution in [0.2, 0.25) is 5.02 Å². The zero-order valence-corrected chi connectivity index (χ0v) is 17.2. The minimum atomic E-state index is -0.548. The molecule has 0 atom stereocenters. The quantitative estimate of drug-likeness (QED) is 0.221. The molecule has 148 valence electrons. The lowest BCUT2D eigenvalue weighted by atomic mass is 9.95. The van der Waals surface area contributed by atoms with E-state index in [1.165, 1.54) is 43.4 Å². The highest BCUT2D eigenvalue weighted by Gasteiger charge is 2.11. The van der Waals surface area contributed by atoms with Gasteiger partial charge in [0.15, 0.2) is 0 Å². The lowest BCUT2D eigenvalue weighted by Crippen LogP contribution is -1.90. The molecule has 0 bridgehead atoms. The normalized spacial score (nSPS) is 11.4. The SMILES string of the molecule is CCCCCCc1ccc2c(ccc3cc(-c4ccc(Cl)c(F)c4)c(F)cc32)c1.